The third kappa shape index (κ3) is 7.23. The smallest absolute Gasteiger partial charge is 0.407 e. The average Bonchev–Trinajstić information content (AvgIpc) is 3.88. The number of amides is 4. The number of nitrogens with one attached hydrogen (secondary N) is 3. The number of alkyl carbamates (subject to hydrolysis) is 1. The monoisotopic (exact) mass is 738 g/mol. The average molecular weight is 739 g/mol. The number of sulfonamides is 1. The van der Waals surface area contributed by atoms with E-state index in [4.69, 9.17) is 9.47 Å². The van der Waals surface area contributed by atoms with Gasteiger partial charge in [0, 0.05) is 18.4 Å². The van der Waals surface area contributed by atoms with Gasteiger partial charge in [-0.15, -0.1) is 21.6 Å². The third-order valence-corrected chi connectivity index (χ3v) is 13.0. The van der Waals surface area contributed by atoms with Gasteiger partial charge in [0.15, 0.2) is 5.82 Å². The highest BCUT2D eigenvalue weighted by Gasteiger charge is 2.62. The lowest BCUT2D eigenvalue weighted by molar-refractivity contribution is -0.142. The zero-order chi connectivity index (χ0) is 36.6. The van der Waals surface area contributed by atoms with Crippen molar-refractivity contribution in [2.24, 2.45) is 11.8 Å². The van der Waals surface area contributed by atoms with Crippen molar-refractivity contribution in [3.63, 3.8) is 0 Å². The molecule has 52 heavy (non-hydrogen) atoms. The highest BCUT2D eigenvalue weighted by atomic mass is 32.2. The van der Waals surface area contributed by atoms with Gasteiger partial charge in [0.05, 0.1) is 24.7 Å². The highest BCUT2D eigenvalue weighted by molar-refractivity contribution is 7.91. The van der Waals surface area contributed by atoms with Gasteiger partial charge in [0.1, 0.15) is 23.4 Å². The summed E-state index contributed by atoms with van der Waals surface area (Å²) in [6, 6.07) is 3.59. The minimum absolute atomic E-state index is 0.0521. The molecular formula is C35H46N8O8S. The van der Waals surface area contributed by atoms with E-state index in [0.29, 0.717) is 30.8 Å². The first-order chi connectivity index (χ1) is 25.0. The molecule has 280 valence electrons. The van der Waals surface area contributed by atoms with Gasteiger partial charge in [-0.25, -0.2) is 13.2 Å². The Labute approximate surface area is 302 Å². The second-order valence-corrected chi connectivity index (χ2v) is 16.6. The van der Waals surface area contributed by atoms with Crippen molar-refractivity contribution in [1.82, 2.24) is 40.5 Å². The number of benzene rings is 1. The topological polar surface area (TPSA) is 204 Å². The van der Waals surface area contributed by atoms with Crippen LogP contribution in [0.5, 0.6) is 5.75 Å². The third-order valence-electron chi connectivity index (χ3n) is 11.2. The van der Waals surface area contributed by atoms with Crippen molar-refractivity contribution < 1.29 is 37.1 Å². The molecule has 3 aliphatic carbocycles. The maximum absolute atomic E-state index is 14.6. The van der Waals surface area contributed by atoms with Crippen molar-refractivity contribution in [2.45, 2.75) is 106 Å². The lowest BCUT2D eigenvalue weighted by Crippen LogP contribution is -2.59. The van der Waals surface area contributed by atoms with Crippen molar-refractivity contribution in [2.75, 3.05) is 20.3 Å². The first kappa shape index (κ1) is 35.8. The summed E-state index contributed by atoms with van der Waals surface area (Å²) in [6.45, 7) is 4.02. The Kier molecular flexibility index (Phi) is 9.97. The Morgan fingerprint density at radius 3 is 2.62 bits per heavy atom. The minimum atomic E-state index is -3.88. The van der Waals surface area contributed by atoms with E-state index in [1.807, 2.05) is 18.2 Å². The molecule has 2 aromatic rings. The van der Waals surface area contributed by atoms with Gasteiger partial charge in [0.2, 0.25) is 21.8 Å². The molecule has 1 aromatic heterocycles. The van der Waals surface area contributed by atoms with Crippen molar-refractivity contribution in [3.8, 4) is 11.4 Å². The lowest BCUT2D eigenvalue weighted by atomic mass is 9.96. The molecule has 3 heterocycles. The molecule has 1 aromatic carbocycles. The molecule has 5 aliphatic rings. The molecule has 0 spiro atoms. The number of nitrogens with zero attached hydrogens (tertiary/aromatic N) is 5. The number of fused-ring (bicyclic) bond motifs is 8. The molecule has 1 saturated heterocycles. The number of carbonyl (C=O) groups is 4. The van der Waals surface area contributed by atoms with Gasteiger partial charge in [-0.1, -0.05) is 18.9 Å². The highest BCUT2D eigenvalue weighted by Crippen LogP contribution is 2.46. The second-order valence-electron chi connectivity index (χ2n) is 14.7. The van der Waals surface area contributed by atoms with Gasteiger partial charge in [-0.2, -0.15) is 0 Å². The second kappa shape index (κ2) is 14.5. The number of rotatable bonds is 8. The first-order valence-corrected chi connectivity index (χ1v) is 19.8. The number of tetrazole rings is 1. The Morgan fingerprint density at radius 1 is 1.12 bits per heavy atom. The predicted octanol–water partition coefficient (Wildman–Crippen LogP) is 2.04. The number of aromatic nitrogens is 4. The van der Waals surface area contributed by atoms with Crippen molar-refractivity contribution >= 4 is 33.8 Å². The van der Waals surface area contributed by atoms with E-state index >= 15 is 0 Å². The summed E-state index contributed by atoms with van der Waals surface area (Å²) in [5.41, 5.74) is 0.106. The van der Waals surface area contributed by atoms with Crippen LogP contribution in [-0.2, 0) is 35.6 Å². The van der Waals surface area contributed by atoms with Gasteiger partial charge in [-0.3, -0.25) is 19.1 Å². The number of cyclic esters (lactones) is 1. The summed E-state index contributed by atoms with van der Waals surface area (Å²) >= 11 is 0. The fraction of sp³-hybridized carbons (Fsp3) is 0.629. The van der Waals surface area contributed by atoms with Gasteiger partial charge >= 0.3 is 6.09 Å². The van der Waals surface area contributed by atoms with Crippen LogP contribution in [0, 0.1) is 11.8 Å². The number of aryl methyl sites for hydroxylation is 1. The van der Waals surface area contributed by atoms with Crippen LogP contribution in [0.25, 0.3) is 5.69 Å². The van der Waals surface area contributed by atoms with Crippen LogP contribution >= 0.6 is 0 Å². The Balaban J connectivity index is 1.20. The summed E-state index contributed by atoms with van der Waals surface area (Å²) in [5, 5.41) is 18.4. The molecule has 4 amide bonds. The van der Waals surface area contributed by atoms with Crippen LogP contribution in [-0.4, -0.2) is 100 Å². The normalized spacial score (nSPS) is 28.4. The Hall–Kier alpha value is -4.54. The standard InChI is InChI=1S/C35H46N8O8S/c1-3-24-19-35(24,33(46)40-52(48,49)26-13-14-26)37-31(44)27-18-23-20-42(27)32(45)29(21-9-6-7-10-21)36-34(47)51-16-8-4-5-11-22-17-25(12-15-28(22)50-2)43-39-30(23)38-41-43/h3,12,15,17,21,23-24,26-27,29H,1,4-11,13-14,16,18-20H2,2H3,(H,36,47)(H,37,44)(H,40,46)/t23-,24-,27+,29+,35-/m1/s1. The van der Waals surface area contributed by atoms with E-state index in [0.717, 1.165) is 56.3 Å². The molecule has 0 radical (unpaired) electrons. The maximum atomic E-state index is 14.6. The molecule has 4 fully saturated rings. The van der Waals surface area contributed by atoms with E-state index in [1.54, 1.807) is 7.11 Å². The fourth-order valence-electron chi connectivity index (χ4n) is 7.90. The molecule has 6 bridgehead atoms. The summed E-state index contributed by atoms with van der Waals surface area (Å²) in [6.07, 6.45) is 8.25. The summed E-state index contributed by atoms with van der Waals surface area (Å²) < 4.78 is 38.7. The number of carbonyl (C=O) groups excluding carboxylic acids is 4. The van der Waals surface area contributed by atoms with E-state index in [9.17, 15) is 27.6 Å². The fourth-order valence-corrected chi connectivity index (χ4v) is 9.26. The minimum Gasteiger partial charge on any atom is -0.496 e. The van der Waals surface area contributed by atoms with Crippen LogP contribution in [0.4, 0.5) is 4.79 Å². The molecule has 2 aliphatic heterocycles. The molecule has 17 heteroatoms. The summed E-state index contributed by atoms with van der Waals surface area (Å²) in [5.74, 6) is -2.01. The first-order valence-electron chi connectivity index (χ1n) is 18.2. The molecule has 5 atom stereocenters. The number of hydrogen-bond donors (Lipinski definition) is 3. The van der Waals surface area contributed by atoms with Crippen LogP contribution in [0.1, 0.15) is 87.9 Å². The van der Waals surface area contributed by atoms with Crippen LogP contribution < -0.4 is 20.1 Å². The molecule has 16 nitrogen and oxygen atoms in total. The van der Waals surface area contributed by atoms with E-state index < -0.39 is 68.5 Å². The SMILES string of the molecule is C=C[C@@H]1C[C@]1(NC(=O)[C@@H]1C[C@@H]2CN1C(=O)[C@H](C1CCCC1)NC(=O)OCCCCCc1cc(ccc1OC)-n1nnc2n1)C(=O)NS(=O)(=O)C1CC1. The lowest BCUT2D eigenvalue weighted by Gasteiger charge is -2.32. The molecule has 0 unspecified atom stereocenters. The van der Waals surface area contributed by atoms with Gasteiger partial charge in [-0.05, 0) is 99.1 Å². The van der Waals surface area contributed by atoms with Crippen molar-refractivity contribution in [1.29, 1.82) is 0 Å². The summed E-state index contributed by atoms with van der Waals surface area (Å²) in [4.78, 5) is 58.3. The number of ether oxygens (including phenoxy) is 2. The molecular weight excluding hydrogens is 693 g/mol. The molecule has 3 N–H and O–H groups in total. The van der Waals surface area contributed by atoms with Crippen LogP contribution in [0.15, 0.2) is 30.9 Å². The summed E-state index contributed by atoms with van der Waals surface area (Å²) in [7, 11) is -2.27. The van der Waals surface area contributed by atoms with Crippen LogP contribution in [0.2, 0.25) is 0 Å². The number of methoxy groups -OCH3 is 1. The zero-order valence-corrected chi connectivity index (χ0v) is 30.1. The predicted molar refractivity (Wildman–Crippen MR) is 186 cm³/mol. The largest absolute Gasteiger partial charge is 0.496 e. The van der Waals surface area contributed by atoms with E-state index in [2.05, 4.69) is 37.3 Å². The Morgan fingerprint density at radius 2 is 1.90 bits per heavy atom. The van der Waals surface area contributed by atoms with Gasteiger partial charge < -0.3 is 25.0 Å². The van der Waals surface area contributed by atoms with E-state index in [-0.39, 0.29) is 31.9 Å². The molecule has 3 saturated carbocycles. The zero-order valence-electron chi connectivity index (χ0n) is 29.3. The maximum Gasteiger partial charge on any atom is 0.407 e. The van der Waals surface area contributed by atoms with Crippen LogP contribution in [0.3, 0.4) is 0 Å². The van der Waals surface area contributed by atoms with Crippen molar-refractivity contribution in [3.05, 3.63) is 42.2 Å². The Bertz CT molecular complexity index is 1840. The van der Waals surface area contributed by atoms with Gasteiger partial charge in [0.25, 0.3) is 5.91 Å². The molecule has 7 rings (SSSR count). The van der Waals surface area contributed by atoms with E-state index in [1.165, 1.54) is 15.8 Å². The quantitative estimate of drug-likeness (QED) is 0.335. The number of hydrogen-bond acceptors (Lipinski definition) is 11.